The Bertz CT molecular complexity index is 717. The van der Waals surface area contributed by atoms with Gasteiger partial charge in [-0.15, -0.1) is 6.58 Å². The molecule has 2 unspecified atom stereocenters. The summed E-state index contributed by atoms with van der Waals surface area (Å²) in [6.07, 6.45) is 3.25. The van der Waals surface area contributed by atoms with Crippen LogP contribution in [0.4, 0.5) is 4.79 Å². The van der Waals surface area contributed by atoms with Gasteiger partial charge in [-0.25, -0.2) is 4.79 Å². The average molecular weight is 377 g/mol. The van der Waals surface area contributed by atoms with Crippen LogP contribution in [-0.2, 0) is 9.59 Å². The minimum atomic E-state index is -0.985. The normalized spacial score (nSPS) is 18.6. The lowest BCUT2D eigenvalue weighted by Gasteiger charge is -2.30. The molecule has 10 nitrogen and oxygen atoms in total. The van der Waals surface area contributed by atoms with Crippen molar-refractivity contribution >= 4 is 23.8 Å². The van der Waals surface area contributed by atoms with Crippen molar-refractivity contribution in [3.05, 3.63) is 36.8 Å². The van der Waals surface area contributed by atoms with E-state index in [0.29, 0.717) is 6.42 Å². The lowest BCUT2D eigenvalue weighted by atomic mass is 10.1. The van der Waals surface area contributed by atoms with Crippen LogP contribution < -0.4 is 16.4 Å². The number of nitrogens with zero attached hydrogens (tertiary/aromatic N) is 2. The highest BCUT2D eigenvalue weighted by atomic mass is 16.3. The summed E-state index contributed by atoms with van der Waals surface area (Å²) in [5.41, 5.74) is 5.15. The average Bonchev–Trinajstić information content (AvgIpc) is 3.28. The Labute approximate surface area is 156 Å². The van der Waals surface area contributed by atoms with Crippen LogP contribution in [0.2, 0.25) is 0 Å². The van der Waals surface area contributed by atoms with Gasteiger partial charge < -0.3 is 30.6 Å². The predicted molar refractivity (Wildman–Crippen MR) is 95.5 cm³/mol. The van der Waals surface area contributed by atoms with E-state index in [9.17, 15) is 19.2 Å². The van der Waals surface area contributed by atoms with Gasteiger partial charge in [0, 0.05) is 20.1 Å². The van der Waals surface area contributed by atoms with Gasteiger partial charge >= 0.3 is 6.03 Å². The number of carbonyl (C=O) groups is 4. The molecule has 0 aromatic carbocycles. The van der Waals surface area contributed by atoms with Gasteiger partial charge in [-0.2, -0.15) is 0 Å². The summed E-state index contributed by atoms with van der Waals surface area (Å²) in [4.78, 5) is 51.2. The first kappa shape index (κ1) is 20.0. The molecule has 1 aromatic rings. The second-order valence-electron chi connectivity index (χ2n) is 6.12. The van der Waals surface area contributed by atoms with E-state index >= 15 is 0 Å². The molecule has 0 saturated carbocycles. The Morgan fingerprint density at radius 2 is 2.19 bits per heavy atom. The minimum absolute atomic E-state index is 0.0853. The van der Waals surface area contributed by atoms with Gasteiger partial charge in [-0.1, -0.05) is 6.08 Å². The summed E-state index contributed by atoms with van der Waals surface area (Å²) in [7, 11) is 1.41. The number of nitrogens with one attached hydrogen (secondary N) is 2. The quantitative estimate of drug-likeness (QED) is 0.539. The number of nitrogens with two attached hydrogens (primary N) is 1. The van der Waals surface area contributed by atoms with E-state index in [4.69, 9.17) is 10.2 Å². The highest BCUT2D eigenvalue weighted by molar-refractivity contribution is 5.97. The van der Waals surface area contributed by atoms with Gasteiger partial charge in [0.25, 0.3) is 5.91 Å². The Kier molecular flexibility index (Phi) is 6.58. The third-order valence-electron chi connectivity index (χ3n) is 4.14. The molecular weight excluding hydrogens is 354 g/mol. The number of urea groups is 1. The van der Waals surface area contributed by atoms with Crippen LogP contribution in [0.25, 0.3) is 0 Å². The molecule has 10 heteroatoms. The van der Waals surface area contributed by atoms with Crippen molar-refractivity contribution in [2.45, 2.75) is 18.5 Å². The summed E-state index contributed by atoms with van der Waals surface area (Å²) in [5, 5.41) is 5.26. The molecule has 5 amide bonds. The fourth-order valence-corrected chi connectivity index (χ4v) is 2.94. The van der Waals surface area contributed by atoms with E-state index in [1.165, 1.54) is 30.4 Å². The van der Waals surface area contributed by atoms with Gasteiger partial charge in [0.05, 0.1) is 18.8 Å². The van der Waals surface area contributed by atoms with Gasteiger partial charge in [-0.05, 0) is 18.6 Å². The van der Waals surface area contributed by atoms with Crippen molar-refractivity contribution in [1.82, 2.24) is 20.4 Å². The summed E-state index contributed by atoms with van der Waals surface area (Å²) in [5.74, 6) is -1.56. The zero-order valence-electron chi connectivity index (χ0n) is 15.0. The molecule has 1 fully saturated rings. The molecule has 2 atom stereocenters. The van der Waals surface area contributed by atoms with Crippen LogP contribution in [0.1, 0.15) is 17.0 Å². The fraction of sp³-hybridized carbons (Fsp3) is 0.412. The van der Waals surface area contributed by atoms with E-state index in [-0.39, 0.29) is 25.4 Å². The van der Waals surface area contributed by atoms with Gasteiger partial charge in [0.15, 0.2) is 5.76 Å². The largest absolute Gasteiger partial charge is 0.459 e. The molecule has 2 rings (SSSR count). The molecule has 1 aromatic heterocycles. The Balaban J connectivity index is 2.21. The van der Waals surface area contributed by atoms with Crippen molar-refractivity contribution in [2.75, 3.05) is 26.7 Å². The summed E-state index contributed by atoms with van der Waals surface area (Å²) < 4.78 is 5.13. The zero-order chi connectivity index (χ0) is 20.0. The minimum Gasteiger partial charge on any atom is -0.459 e. The molecule has 2 heterocycles. The number of amides is 5. The number of likely N-dealkylation sites (N-methyl/N-ethyl adjacent to an activating group) is 1. The molecular formula is C17H23N5O5. The number of rotatable bonds is 7. The lowest BCUT2D eigenvalue weighted by molar-refractivity contribution is -0.137. The van der Waals surface area contributed by atoms with Crippen molar-refractivity contribution < 1.29 is 23.6 Å². The first-order valence-corrected chi connectivity index (χ1v) is 8.38. The highest BCUT2D eigenvalue weighted by Gasteiger charge is 2.44. The molecule has 146 valence electrons. The smallest absolute Gasteiger partial charge is 0.315 e. The van der Waals surface area contributed by atoms with E-state index in [1.807, 2.05) is 0 Å². The van der Waals surface area contributed by atoms with Crippen LogP contribution in [0.15, 0.2) is 35.5 Å². The topological polar surface area (TPSA) is 138 Å². The third-order valence-corrected chi connectivity index (χ3v) is 4.14. The predicted octanol–water partition coefficient (Wildman–Crippen LogP) is -0.708. The van der Waals surface area contributed by atoms with Gasteiger partial charge in [0.1, 0.15) is 6.04 Å². The van der Waals surface area contributed by atoms with Crippen molar-refractivity contribution in [3.8, 4) is 0 Å². The Morgan fingerprint density at radius 3 is 2.78 bits per heavy atom. The first-order valence-electron chi connectivity index (χ1n) is 8.38. The molecule has 1 aliphatic heterocycles. The molecule has 0 spiro atoms. The number of furan rings is 1. The third kappa shape index (κ3) is 4.87. The van der Waals surface area contributed by atoms with Gasteiger partial charge in [0.2, 0.25) is 11.8 Å². The number of hydrogen-bond acceptors (Lipinski definition) is 5. The Morgan fingerprint density at radius 1 is 1.44 bits per heavy atom. The monoisotopic (exact) mass is 377 g/mol. The zero-order valence-corrected chi connectivity index (χ0v) is 15.0. The molecule has 0 bridgehead atoms. The Hall–Kier alpha value is -3.30. The molecule has 0 radical (unpaired) electrons. The van der Waals surface area contributed by atoms with Crippen LogP contribution >= 0.6 is 0 Å². The molecule has 1 aliphatic rings. The molecule has 0 aliphatic carbocycles. The van der Waals surface area contributed by atoms with E-state index in [0.717, 1.165) is 4.90 Å². The van der Waals surface area contributed by atoms with Crippen molar-refractivity contribution in [3.63, 3.8) is 0 Å². The first-order chi connectivity index (χ1) is 12.8. The number of carbonyl (C=O) groups excluding carboxylic acids is 4. The summed E-state index contributed by atoms with van der Waals surface area (Å²) in [6.45, 7) is 3.71. The number of hydrogen-bond donors (Lipinski definition) is 3. The second-order valence-corrected chi connectivity index (χ2v) is 6.12. The van der Waals surface area contributed by atoms with Crippen molar-refractivity contribution in [1.29, 1.82) is 0 Å². The lowest BCUT2D eigenvalue weighted by Crippen LogP contribution is -2.57. The standard InChI is InChI=1S/C17H23N5O5/c1-3-7-19-17(26)20-11-6-8-22(15(24)12-5-4-9-27-12)14(11)16(25)21(2)10-13(18)23/h3-5,9,11,14H,1,6-8,10H2,2H3,(H2,18,23)(H2,19,20,26). The molecule has 4 N–H and O–H groups in total. The van der Waals surface area contributed by atoms with Crippen LogP contribution in [0.3, 0.4) is 0 Å². The summed E-state index contributed by atoms with van der Waals surface area (Å²) >= 11 is 0. The highest BCUT2D eigenvalue weighted by Crippen LogP contribution is 2.23. The SMILES string of the molecule is C=CCNC(=O)NC1CCN(C(=O)c2ccco2)C1C(=O)N(C)CC(N)=O. The van der Waals surface area contributed by atoms with Gasteiger partial charge in [-0.3, -0.25) is 14.4 Å². The van der Waals surface area contributed by atoms with Crippen molar-refractivity contribution in [2.24, 2.45) is 5.73 Å². The maximum atomic E-state index is 12.9. The number of primary amides is 1. The second kappa shape index (κ2) is 8.88. The number of likely N-dealkylation sites (tertiary alicyclic amines) is 1. The maximum Gasteiger partial charge on any atom is 0.315 e. The summed E-state index contributed by atoms with van der Waals surface area (Å²) in [6, 6.07) is 0.965. The van der Waals surface area contributed by atoms with Crippen LogP contribution in [0.5, 0.6) is 0 Å². The fourth-order valence-electron chi connectivity index (χ4n) is 2.94. The van der Waals surface area contributed by atoms with E-state index < -0.39 is 35.8 Å². The van der Waals surface area contributed by atoms with E-state index in [2.05, 4.69) is 17.2 Å². The van der Waals surface area contributed by atoms with Crippen LogP contribution in [-0.4, -0.2) is 72.3 Å². The molecule has 1 saturated heterocycles. The van der Waals surface area contributed by atoms with E-state index in [1.54, 1.807) is 6.07 Å². The molecule has 27 heavy (non-hydrogen) atoms. The van der Waals surface area contributed by atoms with Crippen LogP contribution in [0, 0.1) is 0 Å². The maximum absolute atomic E-state index is 12.9.